The SMILES string of the molecule is Cc1ccc(C(=O)c2cc(N)c(F)cc2F)s1. The molecule has 0 fully saturated rings. The Morgan fingerprint density at radius 3 is 2.53 bits per heavy atom. The first-order chi connectivity index (χ1) is 7.99. The lowest BCUT2D eigenvalue weighted by molar-refractivity contribution is 0.103. The summed E-state index contributed by atoms with van der Waals surface area (Å²) in [6.07, 6.45) is 0. The molecule has 0 radical (unpaired) electrons. The molecule has 2 rings (SSSR count). The molecule has 0 spiro atoms. The van der Waals surface area contributed by atoms with Crippen LogP contribution in [0.3, 0.4) is 0 Å². The number of anilines is 1. The van der Waals surface area contributed by atoms with Gasteiger partial charge in [0.25, 0.3) is 0 Å². The molecule has 2 nitrogen and oxygen atoms in total. The molecule has 0 amide bonds. The Bertz CT molecular complexity index is 592. The lowest BCUT2D eigenvalue weighted by atomic mass is 10.1. The van der Waals surface area contributed by atoms with Gasteiger partial charge in [-0.3, -0.25) is 4.79 Å². The van der Waals surface area contributed by atoms with Gasteiger partial charge in [0.1, 0.15) is 11.6 Å². The van der Waals surface area contributed by atoms with E-state index in [0.29, 0.717) is 10.9 Å². The molecule has 0 saturated carbocycles. The van der Waals surface area contributed by atoms with Crippen LogP contribution in [0.5, 0.6) is 0 Å². The number of thiophene rings is 1. The quantitative estimate of drug-likeness (QED) is 0.660. The van der Waals surface area contributed by atoms with Crippen LogP contribution in [0.15, 0.2) is 24.3 Å². The fourth-order valence-electron chi connectivity index (χ4n) is 1.43. The molecule has 0 bridgehead atoms. The normalized spacial score (nSPS) is 10.5. The van der Waals surface area contributed by atoms with E-state index in [2.05, 4.69) is 0 Å². The number of carbonyl (C=O) groups excluding carboxylic acids is 1. The van der Waals surface area contributed by atoms with Crippen molar-refractivity contribution in [2.75, 3.05) is 5.73 Å². The second-order valence-corrected chi connectivity index (χ2v) is 4.88. The van der Waals surface area contributed by atoms with Gasteiger partial charge in [-0.2, -0.15) is 0 Å². The summed E-state index contributed by atoms with van der Waals surface area (Å²) < 4.78 is 26.4. The number of nitrogen functional groups attached to an aromatic ring is 1. The Hall–Kier alpha value is -1.75. The number of hydrogen-bond acceptors (Lipinski definition) is 3. The monoisotopic (exact) mass is 253 g/mol. The number of ketones is 1. The van der Waals surface area contributed by atoms with Crippen LogP contribution in [-0.4, -0.2) is 5.78 Å². The third-order valence-corrected chi connectivity index (χ3v) is 3.29. The van der Waals surface area contributed by atoms with Gasteiger partial charge >= 0.3 is 0 Å². The number of nitrogens with two attached hydrogens (primary N) is 1. The van der Waals surface area contributed by atoms with Crippen LogP contribution >= 0.6 is 11.3 Å². The molecule has 0 atom stereocenters. The lowest BCUT2D eigenvalue weighted by Crippen LogP contribution is -2.05. The second kappa shape index (κ2) is 4.25. The van der Waals surface area contributed by atoms with Gasteiger partial charge < -0.3 is 5.73 Å². The molecule has 2 N–H and O–H groups in total. The van der Waals surface area contributed by atoms with Gasteiger partial charge in [0.05, 0.1) is 16.1 Å². The van der Waals surface area contributed by atoms with Crippen molar-refractivity contribution >= 4 is 22.8 Å². The van der Waals surface area contributed by atoms with Crippen molar-refractivity contribution in [2.24, 2.45) is 0 Å². The zero-order valence-electron chi connectivity index (χ0n) is 8.96. The molecule has 17 heavy (non-hydrogen) atoms. The summed E-state index contributed by atoms with van der Waals surface area (Å²) >= 11 is 1.26. The fourth-order valence-corrected chi connectivity index (χ4v) is 2.25. The van der Waals surface area contributed by atoms with E-state index in [1.54, 1.807) is 12.1 Å². The highest BCUT2D eigenvalue weighted by atomic mass is 32.1. The average Bonchev–Trinajstić information content (AvgIpc) is 2.69. The predicted octanol–water partition coefficient (Wildman–Crippen LogP) is 3.15. The summed E-state index contributed by atoms with van der Waals surface area (Å²) in [6, 6.07) is 5.04. The minimum atomic E-state index is -0.896. The van der Waals surface area contributed by atoms with Crippen molar-refractivity contribution in [3.63, 3.8) is 0 Å². The first-order valence-corrected chi connectivity index (χ1v) is 5.66. The predicted molar refractivity (Wildman–Crippen MR) is 63.3 cm³/mol. The standard InChI is InChI=1S/C12H9F2NOS/c1-6-2-3-11(17-6)12(16)7-4-10(15)9(14)5-8(7)13/h2-5H,15H2,1H3. The number of hydrogen-bond donors (Lipinski definition) is 1. The second-order valence-electron chi connectivity index (χ2n) is 3.59. The highest BCUT2D eigenvalue weighted by molar-refractivity contribution is 7.14. The van der Waals surface area contributed by atoms with Crippen LogP contribution in [-0.2, 0) is 0 Å². The maximum absolute atomic E-state index is 13.5. The first-order valence-electron chi connectivity index (χ1n) is 4.84. The summed E-state index contributed by atoms with van der Waals surface area (Å²) in [5.41, 5.74) is 4.88. The number of benzene rings is 1. The molecular formula is C12H9F2NOS. The molecule has 88 valence electrons. The Morgan fingerprint density at radius 2 is 1.94 bits per heavy atom. The van der Waals surface area contributed by atoms with Gasteiger partial charge in [-0.15, -0.1) is 11.3 Å². The third-order valence-electron chi connectivity index (χ3n) is 2.30. The zero-order valence-corrected chi connectivity index (χ0v) is 9.78. The van der Waals surface area contributed by atoms with E-state index in [4.69, 9.17) is 5.73 Å². The molecule has 5 heteroatoms. The minimum Gasteiger partial charge on any atom is -0.396 e. The Kier molecular flexibility index (Phi) is 2.93. The molecule has 0 aliphatic heterocycles. The molecule has 2 aromatic rings. The number of carbonyl (C=O) groups is 1. The molecule has 0 aliphatic carbocycles. The van der Waals surface area contributed by atoms with E-state index >= 15 is 0 Å². The lowest BCUT2D eigenvalue weighted by Gasteiger charge is -2.03. The van der Waals surface area contributed by atoms with E-state index < -0.39 is 17.4 Å². The van der Waals surface area contributed by atoms with Gasteiger partial charge in [0.15, 0.2) is 0 Å². The van der Waals surface area contributed by atoms with Crippen molar-refractivity contribution in [3.05, 3.63) is 51.2 Å². The highest BCUT2D eigenvalue weighted by Crippen LogP contribution is 2.23. The largest absolute Gasteiger partial charge is 0.396 e. The Balaban J connectivity index is 2.47. The van der Waals surface area contributed by atoms with Crippen LogP contribution < -0.4 is 5.73 Å². The van der Waals surface area contributed by atoms with Crippen molar-refractivity contribution in [2.45, 2.75) is 6.92 Å². The van der Waals surface area contributed by atoms with E-state index in [9.17, 15) is 13.6 Å². The van der Waals surface area contributed by atoms with Crippen LogP contribution in [0, 0.1) is 18.6 Å². The van der Waals surface area contributed by atoms with Gasteiger partial charge in [-0.05, 0) is 25.1 Å². The number of aryl methyl sites for hydroxylation is 1. The molecule has 1 aromatic heterocycles. The van der Waals surface area contributed by atoms with Crippen molar-refractivity contribution < 1.29 is 13.6 Å². The zero-order chi connectivity index (χ0) is 12.6. The summed E-state index contributed by atoms with van der Waals surface area (Å²) in [5, 5.41) is 0. The van der Waals surface area contributed by atoms with Gasteiger partial charge in [-0.1, -0.05) is 0 Å². The fraction of sp³-hybridized carbons (Fsp3) is 0.0833. The van der Waals surface area contributed by atoms with Crippen LogP contribution in [0.2, 0.25) is 0 Å². The number of halogens is 2. The maximum Gasteiger partial charge on any atom is 0.205 e. The van der Waals surface area contributed by atoms with Gasteiger partial charge in [-0.25, -0.2) is 8.78 Å². The molecule has 0 aliphatic rings. The van der Waals surface area contributed by atoms with Crippen molar-refractivity contribution in [3.8, 4) is 0 Å². The third kappa shape index (κ3) is 2.19. The van der Waals surface area contributed by atoms with E-state index in [1.807, 2.05) is 6.92 Å². The Labute approximate surface area is 101 Å². The molecular weight excluding hydrogens is 244 g/mol. The summed E-state index contributed by atoms with van der Waals surface area (Å²) in [6.45, 7) is 1.84. The van der Waals surface area contributed by atoms with Crippen molar-refractivity contribution in [1.82, 2.24) is 0 Å². The smallest absolute Gasteiger partial charge is 0.205 e. The van der Waals surface area contributed by atoms with Crippen molar-refractivity contribution in [1.29, 1.82) is 0 Å². The van der Waals surface area contributed by atoms with Gasteiger partial charge in [0, 0.05) is 10.9 Å². The van der Waals surface area contributed by atoms with E-state index in [1.165, 1.54) is 11.3 Å². The van der Waals surface area contributed by atoms with Gasteiger partial charge in [0.2, 0.25) is 5.78 Å². The molecule has 1 aromatic carbocycles. The molecule has 0 unspecified atom stereocenters. The molecule has 1 heterocycles. The number of rotatable bonds is 2. The minimum absolute atomic E-state index is 0.203. The molecule has 0 saturated heterocycles. The summed E-state index contributed by atoms with van der Waals surface area (Å²) in [7, 11) is 0. The summed E-state index contributed by atoms with van der Waals surface area (Å²) in [4.78, 5) is 13.3. The van der Waals surface area contributed by atoms with Crippen LogP contribution in [0.4, 0.5) is 14.5 Å². The summed E-state index contributed by atoms with van der Waals surface area (Å²) in [5.74, 6) is -2.23. The van der Waals surface area contributed by atoms with Crippen LogP contribution in [0.1, 0.15) is 20.1 Å². The Morgan fingerprint density at radius 1 is 1.24 bits per heavy atom. The topological polar surface area (TPSA) is 43.1 Å². The van der Waals surface area contributed by atoms with Crippen LogP contribution in [0.25, 0.3) is 0 Å². The highest BCUT2D eigenvalue weighted by Gasteiger charge is 2.17. The van der Waals surface area contributed by atoms with E-state index in [-0.39, 0.29) is 11.3 Å². The maximum atomic E-state index is 13.5. The average molecular weight is 253 g/mol. The first kappa shape index (κ1) is 11.7. The van der Waals surface area contributed by atoms with E-state index in [0.717, 1.165) is 10.9 Å².